The van der Waals surface area contributed by atoms with Crippen molar-refractivity contribution in [3.05, 3.63) is 0 Å². The Bertz CT molecular complexity index is 377. The van der Waals surface area contributed by atoms with Crippen LogP contribution in [0, 0.1) is 18.3 Å². The standard InChI is InChI=1S/C10H16N2O.C2HF3O2/c1-2-10(13)12-6-5-8-3-4-9(11)7-8;3-2(4,5)1(6)7/h1,8-9H,3-7,11H2,(H,12,13);(H,6,7). The number of carboxylic acid groups (broad SMARTS) is 1. The molecule has 5 nitrogen and oxygen atoms in total. The molecule has 0 heterocycles. The first-order valence-corrected chi connectivity index (χ1v) is 5.97. The van der Waals surface area contributed by atoms with Gasteiger partial charge in [-0.15, -0.1) is 6.42 Å². The molecule has 1 aliphatic carbocycles. The van der Waals surface area contributed by atoms with Crippen LogP contribution >= 0.6 is 0 Å². The summed E-state index contributed by atoms with van der Waals surface area (Å²) in [6.07, 6.45) is 4.22. The van der Waals surface area contributed by atoms with Gasteiger partial charge in [-0.05, 0) is 37.5 Å². The van der Waals surface area contributed by atoms with Crippen molar-refractivity contribution in [1.29, 1.82) is 0 Å². The average Bonchev–Trinajstić information content (AvgIpc) is 2.74. The van der Waals surface area contributed by atoms with E-state index < -0.39 is 12.1 Å². The summed E-state index contributed by atoms with van der Waals surface area (Å²) in [4.78, 5) is 19.6. The van der Waals surface area contributed by atoms with E-state index in [0.29, 0.717) is 18.5 Å². The molecule has 0 aliphatic heterocycles. The molecule has 1 fully saturated rings. The van der Waals surface area contributed by atoms with Gasteiger partial charge in [0.1, 0.15) is 0 Å². The van der Waals surface area contributed by atoms with Gasteiger partial charge in [0.25, 0.3) is 5.91 Å². The Kier molecular flexibility index (Phi) is 7.69. The number of aliphatic carboxylic acids is 1. The van der Waals surface area contributed by atoms with E-state index >= 15 is 0 Å². The van der Waals surface area contributed by atoms with Crippen LogP contribution in [0.1, 0.15) is 25.7 Å². The van der Waals surface area contributed by atoms with Gasteiger partial charge >= 0.3 is 12.1 Å². The van der Waals surface area contributed by atoms with Gasteiger partial charge in [-0.1, -0.05) is 0 Å². The zero-order valence-corrected chi connectivity index (χ0v) is 10.7. The highest BCUT2D eigenvalue weighted by atomic mass is 19.4. The minimum absolute atomic E-state index is 0.317. The normalized spacial score (nSPS) is 21.4. The van der Waals surface area contributed by atoms with Crippen LogP contribution in [0.4, 0.5) is 13.2 Å². The number of carboxylic acids is 1. The summed E-state index contributed by atoms with van der Waals surface area (Å²) in [6, 6.07) is 0.369. The molecular weight excluding hydrogens is 277 g/mol. The number of carbonyl (C=O) groups is 2. The Hall–Kier alpha value is -1.75. The highest BCUT2D eigenvalue weighted by Gasteiger charge is 2.38. The van der Waals surface area contributed by atoms with Crippen LogP contribution in [0.25, 0.3) is 0 Å². The third-order valence-electron chi connectivity index (χ3n) is 2.79. The lowest BCUT2D eigenvalue weighted by Crippen LogP contribution is -2.24. The molecule has 2 atom stereocenters. The van der Waals surface area contributed by atoms with Gasteiger partial charge in [0.2, 0.25) is 0 Å². The van der Waals surface area contributed by atoms with Gasteiger partial charge in [0.05, 0.1) is 0 Å². The van der Waals surface area contributed by atoms with Crippen molar-refractivity contribution in [2.45, 2.75) is 37.9 Å². The van der Waals surface area contributed by atoms with Gasteiger partial charge in [-0.2, -0.15) is 13.2 Å². The number of amides is 1. The fourth-order valence-corrected chi connectivity index (χ4v) is 1.82. The Morgan fingerprint density at radius 1 is 1.40 bits per heavy atom. The van der Waals surface area contributed by atoms with Crippen molar-refractivity contribution < 1.29 is 27.9 Å². The van der Waals surface area contributed by atoms with Crippen molar-refractivity contribution in [2.24, 2.45) is 11.7 Å². The number of hydrogen-bond donors (Lipinski definition) is 3. The van der Waals surface area contributed by atoms with E-state index in [-0.39, 0.29) is 5.91 Å². The van der Waals surface area contributed by atoms with E-state index in [9.17, 15) is 18.0 Å². The van der Waals surface area contributed by atoms with Gasteiger partial charge in [-0.3, -0.25) is 4.79 Å². The predicted molar refractivity (Wildman–Crippen MR) is 65.5 cm³/mol. The minimum Gasteiger partial charge on any atom is -0.475 e. The topological polar surface area (TPSA) is 92.4 Å². The lowest BCUT2D eigenvalue weighted by Gasteiger charge is -2.08. The van der Waals surface area contributed by atoms with E-state index in [1.165, 1.54) is 6.42 Å². The highest BCUT2D eigenvalue weighted by molar-refractivity contribution is 5.92. The van der Waals surface area contributed by atoms with E-state index in [1.54, 1.807) is 0 Å². The molecule has 1 amide bonds. The SMILES string of the molecule is C#CC(=O)NCCC1CCC(N)C1.O=C(O)C(F)(F)F. The van der Waals surface area contributed by atoms with Crippen molar-refractivity contribution in [2.75, 3.05) is 6.54 Å². The molecular formula is C12H17F3N2O3. The molecule has 2 unspecified atom stereocenters. The zero-order chi connectivity index (χ0) is 15.8. The van der Waals surface area contributed by atoms with Crippen LogP contribution in [0.2, 0.25) is 0 Å². The van der Waals surface area contributed by atoms with Crippen LogP contribution in [-0.4, -0.2) is 35.7 Å². The summed E-state index contributed by atoms with van der Waals surface area (Å²) in [5.74, 6) is -0.376. The fraction of sp³-hybridized carbons (Fsp3) is 0.667. The molecule has 0 aromatic carbocycles. The summed E-state index contributed by atoms with van der Waals surface area (Å²) in [6.45, 7) is 0.681. The number of halogens is 3. The lowest BCUT2D eigenvalue weighted by atomic mass is 10.0. The number of nitrogens with two attached hydrogens (primary N) is 1. The maximum atomic E-state index is 10.7. The first-order chi connectivity index (χ1) is 9.16. The molecule has 1 aliphatic rings. The van der Waals surface area contributed by atoms with Crippen molar-refractivity contribution in [1.82, 2.24) is 5.32 Å². The van der Waals surface area contributed by atoms with Crippen LogP contribution in [0.15, 0.2) is 0 Å². The molecule has 114 valence electrons. The van der Waals surface area contributed by atoms with Gasteiger partial charge in [0.15, 0.2) is 0 Å². The molecule has 0 spiro atoms. The van der Waals surface area contributed by atoms with Crippen molar-refractivity contribution in [3.8, 4) is 12.3 Å². The Morgan fingerprint density at radius 3 is 2.30 bits per heavy atom. The number of hydrogen-bond acceptors (Lipinski definition) is 3. The molecule has 8 heteroatoms. The van der Waals surface area contributed by atoms with E-state index in [0.717, 1.165) is 19.3 Å². The summed E-state index contributed by atoms with van der Waals surface area (Å²) in [5, 5.41) is 9.78. The summed E-state index contributed by atoms with van der Waals surface area (Å²) >= 11 is 0. The molecule has 0 aromatic heterocycles. The number of carbonyl (C=O) groups excluding carboxylic acids is 1. The molecule has 0 saturated heterocycles. The smallest absolute Gasteiger partial charge is 0.475 e. The summed E-state index contributed by atoms with van der Waals surface area (Å²) < 4.78 is 31.7. The Balaban J connectivity index is 0.000000441. The third-order valence-corrected chi connectivity index (χ3v) is 2.79. The Labute approximate surface area is 114 Å². The van der Waals surface area contributed by atoms with Gasteiger partial charge < -0.3 is 16.2 Å². The monoisotopic (exact) mass is 294 g/mol. The maximum absolute atomic E-state index is 10.7. The lowest BCUT2D eigenvalue weighted by molar-refractivity contribution is -0.192. The Morgan fingerprint density at radius 2 is 1.95 bits per heavy atom. The molecule has 4 N–H and O–H groups in total. The third kappa shape index (κ3) is 8.37. The molecule has 0 bridgehead atoms. The van der Waals surface area contributed by atoms with E-state index in [2.05, 4.69) is 5.32 Å². The van der Waals surface area contributed by atoms with Crippen molar-refractivity contribution >= 4 is 11.9 Å². The van der Waals surface area contributed by atoms with Crippen LogP contribution in [0.3, 0.4) is 0 Å². The maximum Gasteiger partial charge on any atom is 0.490 e. The van der Waals surface area contributed by atoms with Crippen LogP contribution in [0.5, 0.6) is 0 Å². The largest absolute Gasteiger partial charge is 0.490 e. The number of terminal acetylenes is 1. The summed E-state index contributed by atoms with van der Waals surface area (Å²) in [7, 11) is 0. The quantitative estimate of drug-likeness (QED) is 0.674. The number of alkyl halides is 3. The van der Waals surface area contributed by atoms with Crippen LogP contribution in [-0.2, 0) is 9.59 Å². The fourth-order valence-electron chi connectivity index (χ4n) is 1.82. The minimum atomic E-state index is -5.08. The molecule has 20 heavy (non-hydrogen) atoms. The second-order valence-electron chi connectivity index (χ2n) is 4.43. The molecule has 1 saturated carbocycles. The first kappa shape index (κ1) is 18.2. The van der Waals surface area contributed by atoms with Gasteiger partial charge in [-0.25, -0.2) is 4.79 Å². The molecule has 0 radical (unpaired) electrons. The van der Waals surface area contributed by atoms with E-state index in [4.69, 9.17) is 22.1 Å². The molecule has 0 aromatic rings. The predicted octanol–water partition coefficient (Wildman–Crippen LogP) is 0.887. The van der Waals surface area contributed by atoms with Crippen molar-refractivity contribution in [3.63, 3.8) is 0 Å². The highest BCUT2D eigenvalue weighted by Crippen LogP contribution is 2.26. The number of rotatable bonds is 3. The zero-order valence-electron chi connectivity index (χ0n) is 10.7. The number of nitrogens with one attached hydrogen (secondary N) is 1. The summed E-state index contributed by atoms with van der Waals surface area (Å²) in [5.41, 5.74) is 5.76. The first-order valence-electron chi connectivity index (χ1n) is 5.97. The van der Waals surface area contributed by atoms with E-state index in [1.807, 2.05) is 5.92 Å². The average molecular weight is 294 g/mol. The second kappa shape index (κ2) is 8.43. The molecule has 1 rings (SSSR count). The van der Waals surface area contributed by atoms with Gasteiger partial charge in [0, 0.05) is 12.6 Å². The second-order valence-corrected chi connectivity index (χ2v) is 4.43. The van der Waals surface area contributed by atoms with Crippen LogP contribution < -0.4 is 11.1 Å².